The maximum atomic E-state index is 5.76. The fourth-order valence-corrected chi connectivity index (χ4v) is 2.33. The first-order valence-electron chi connectivity index (χ1n) is 5.93. The van der Waals surface area contributed by atoms with E-state index in [0.29, 0.717) is 30.9 Å². The molecule has 1 heterocycles. The molecule has 0 aromatic rings. The van der Waals surface area contributed by atoms with Crippen LogP contribution in [0.4, 0.5) is 0 Å². The van der Waals surface area contributed by atoms with E-state index in [1.165, 1.54) is 0 Å². The molecule has 1 aliphatic heterocycles. The van der Waals surface area contributed by atoms with E-state index >= 15 is 0 Å². The Morgan fingerprint density at radius 1 is 1.33 bits per heavy atom. The van der Waals surface area contributed by atoms with Crippen molar-refractivity contribution in [2.24, 2.45) is 5.73 Å². The van der Waals surface area contributed by atoms with Gasteiger partial charge < -0.3 is 20.5 Å². The van der Waals surface area contributed by atoms with E-state index in [-0.39, 0.29) is 0 Å². The average Bonchev–Trinajstić information content (AvgIpc) is 2.64. The molecule has 0 bridgehead atoms. The Labute approximate surface area is 91.5 Å². The van der Waals surface area contributed by atoms with Crippen molar-refractivity contribution in [2.75, 3.05) is 20.2 Å². The Morgan fingerprint density at radius 2 is 2.07 bits per heavy atom. The van der Waals surface area contributed by atoms with Gasteiger partial charge in [-0.3, -0.25) is 0 Å². The van der Waals surface area contributed by atoms with Gasteiger partial charge in [-0.05, 0) is 25.7 Å². The van der Waals surface area contributed by atoms with Crippen molar-refractivity contribution >= 4 is 0 Å². The standard InChI is InChI=1S/C11H22N2O2/c1-14-11-4-8(5-11)13-7-10-3-2-9(6-12)15-10/h8-11,13H,2-7,12H2,1H3. The highest BCUT2D eigenvalue weighted by molar-refractivity contribution is 4.87. The number of nitrogens with two attached hydrogens (primary N) is 1. The SMILES string of the molecule is COC1CC(NCC2CCC(CN)O2)C1. The predicted octanol–water partition coefficient (Wildman–Crippen LogP) is 0.260. The Morgan fingerprint density at radius 3 is 2.67 bits per heavy atom. The third-order valence-corrected chi connectivity index (χ3v) is 3.52. The monoisotopic (exact) mass is 214 g/mol. The highest BCUT2D eigenvalue weighted by Crippen LogP contribution is 2.23. The van der Waals surface area contributed by atoms with Crippen LogP contribution >= 0.6 is 0 Å². The fourth-order valence-electron chi connectivity index (χ4n) is 2.33. The second kappa shape index (κ2) is 5.25. The van der Waals surface area contributed by atoms with Crippen molar-refractivity contribution in [3.8, 4) is 0 Å². The van der Waals surface area contributed by atoms with Crippen LogP contribution in [0.1, 0.15) is 25.7 Å². The van der Waals surface area contributed by atoms with Gasteiger partial charge in [0.05, 0.1) is 18.3 Å². The summed E-state index contributed by atoms with van der Waals surface area (Å²) in [6.45, 7) is 1.63. The van der Waals surface area contributed by atoms with Gasteiger partial charge >= 0.3 is 0 Å². The van der Waals surface area contributed by atoms with Crippen LogP contribution in [0.3, 0.4) is 0 Å². The quantitative estimate of drug-likeness (QED) is 0.689. The molecule has 2 atom stereocenters. The van der Waals surface area contributed by atoms with Crippen LogP contribution in [-0.4, -0.2) is 44.6 Å². The van der Waals surface area contributed by atoms with Crippen LogP contribution in [-0.2, 0) is 9.47 Å². The van der Waals surface area contributed by atoms with Crippen molar-refractivity contribution in [3.63, 3.8) is 0 Å². The lowest BCUT2D eigenvalue weighted by Gasteiger charge is -2.35. The minimum Gasteiger partial charge on any atom is -0.381 e. The summed E-state index contributed by atoms with van der Waals surface area (Å²) in [5, 5.41) is 3.52. The van der Waals surface area contributed by atoms with Gasteiger partial charge in [-0.15, -0.1) is 0 Å². The van der Waals surface area contributed by atoms with Crippen molar-refractivity contribution in [2.45, 2.75) is 50.0 Å². The van der Waals surface area contributed by atoms with E-state index < -0.39 is 0 Å². The molecule has 2 rings (SSSR count). The summed E-state index contributed by atoms with van der Waals surface area (Å²) >= 11 is 0. The zero-order valence-electron chi connectivity index (χ0n) is 9.45. The van der Waals surface area contributed by atoms with Gasteiger partial charge in [0, 0.05) is 26.2 Å². The lowest BCUT2D eigenvalue weighted by molar-refractivity contribution is 0.00692. The Balaban J connectivity index is 1.56. The van der Waals surface area contributed by atoms with Crippen LogP contribution < -0.4 is 11.1 Å². The van der Waals surface area contributed by atoms with Gasteiger partial charge in [-0.1, -0.05) is 0 Å². The molecule has 4 nitrogen and oxygen atoms in total. The van der Waals surface area contributed by atoms with Gasteiger partial charge in [0.15, 0.2) is 0 Å². The largest absolute Gasteiger partial charge is 0.381 e. The molecule has 1 saturated heterocycles. The average molecular weight is 214 g/mol. The van der Waals surface area contributed by atoms with Crippen LogP contribution in [0.15, 0.2) is 0 Å². The number of hydrogen-bond acceptors (Lipinski definition) is 4. The maximum absolute atomic E-state index is 5.76. The van der Waals surface area contributed by atoms with E-state index in [2.05, 4.69) is 5.32 Å². The number of rotatable bonds is 5. The van der Waals surface area contributed by atoms with Crippen molar-refractivity contribution < 1.29 is 9.47 Å². The van der Waals surface area contributed by atoms with Gasteiger partial charge in [0.25, 0.3) is 0 Å². The molecule has 0 amide bonds. The van der Waals surface area contributed by atoms with Crippen LogP contribution in [0, 0.1) is 0 Å². The molecule has 0 aromatic carbocycles. The van der Waals surface area contributed by atoms with Crippen molar-refractivity contribution in [1.29, 1.82) is 0 Å². The molecule has 88 valence electrons. The van der Waals surface area contributed by atoms with Gasteiger partial charge in [0.1, 0.15) is 0 Å². The third kappa shape index (κ3) is 2.91. The minimum absolute atomic E-state index is 0.296. The molecule has 2 fully saturated rings. The molecule has 0 spiro atoms. The summed E-state index contributed by atoms with van der Waals surface area (Å²) in [4.78, 5) is 0. The summed E-state index contributed by atoms with van der Waals surface area (Å²) in [7, 11) is 1.78. The predicted molar refractivity (Wildman–Crippen MR) is 58.8 cm³/mol. The third-order valence-electron chi connectivity index (χ3n) is 3.52. The summed E-state index contributed by atoms with van der Waals surface area (Å²) < 4.78 is 11.0. The summed E-state index contributed by atoms with van der Waals surface area (Å²) in [5.74, 6) is 0. The zero-order valence-corrected chi connectivity index (χ0v) is 9.45. The molecule has 2 aliphatic rings. The Bertz CT molecular complexity index is 195. The fraction of sp³-hybridized carbons (Fsp3) is 1.00. The maximum Gasteiger partial charge on any atom is 0.0704 e. The molecular weight excluding hydrogens is 192 g/mol. The first kappa shape index (κ1) is 11.3. The summed E-state index contributed by atoms with van der Waals surface area (Å²) in [6.07, 6.45) is 5.70. The minimum atomic E-state index is 0.296. The molecule has 2 unspecified atom stereocenters. The number of hydrogen-bond donors (Lipinski definition) is 2. The number of ether oxygens (including phenoxy) is 2. The van der Waals surface area contributed by atoms with Gasteiger partial charge in [-0.2, -0.15) is 0 Å². The normalized spacial score (nSPS) is 40.4. The topological polar surface area (TPSA) is 56.5 Å². The van der Waals surface area contributed by atoms with E-state index in [4.69, 9.17) is 15.2 Å². The lowest BCUT2D eigenvalue weighted by atomic mass is 9.89. The second-order valence-corrected chi connectivity index (χ2v) is 4.63. The Kier molecular flexibility index (Phi) is 3.97. The van der Waals surface area contributed by atoms with Crippen LogP contribution in [0.5, 0.6) is 0 Å². The van der Waals surface area contributed by atoms with Crippen molar-refractivity contribution in [1.82, 2.24) is 5.32 Å². The van der Waals surface area contributed by atoms with Gasteiger partial charge in [-0.25, -0.2) is 0 Å². The van der Waals surface area contributed by atoms with E-state index in [1.54, 1.807) is 7.11 Å². The highest BCUT2D eigenvalue weighted by Gasteiger charge is 2.30. The highest BCUT2D eigenvalue weighted by atomic mass is 16.5. The Hall–Kier alpha value is -0.160. The molecule has 4 heteroatoms. The van der Waals surface area contributed by atoms with Gasteiger partial charge in [0.2, 0.25) is 0 Å². The number of nitrogens with one attached hydrogen (secondary N) is 1. The molecule has 3 N–H and O–H groups in total. The van der Waals surface area contributed by atoms with E-state index in [9.17, 15) is 0 Å². The first-order chi connectivity index (χ1) is 7.31. The molecule has 1 aliphatic carbocycles. The molecule has 0 aromatic heterocycles. The summed E-state index contributed by atoms with van der Waals surface area (Å²) in [6, 6.07) is 0.635. The number of methoxy groups -OCH3 is 1. The van der Waals surface area contributed by atoms with Crippen molar-refractivity contribution in [3.05, 3.63) is 0 Å². The molecule has 15 heavy (non-hydrogen) atoms. The second-order valence-electron chi connectivity index (χ2n) is 4.63. The molecular formula is C11H22N2O2. The van der Waals surface area contributed by atoms with Crippen LogP contribution in [0.2, 0.25) is 0 Å². The molecule has 1 saturated carbocycles. The molecule has 0 radical (unpaired) electrons. The van der Waals surface area contributed by atoms with E-state index in [0.717, 1.165) is 32.2 Å². The summed E-state index contributed by atoms with van der Waals surface area (Å²) in [5.41, 5.74) is 5.56. The lowest BCUT2D eigenvalue weighted by Crippen LogP contribution is -2.47. The smallest absolute Gasteiger partial charge is 0.0704 e. The first-order valence-corrected chi connectivity index (χ1v) is 5.93. The zero-order chi connectivity index (χ0) is 10.7. The van der Waals surface area contributed by atoms with Crippen LogP contribution in [0.25, 0.3) is 0 Å². The van der Waals surface area contributed by atoms with E-state index in [1.807, 2.05) is 0 Å².